The molecule has 1 saturated heterocycles. The minimum absolute atomic E-state index is 0.0124. The smallest absolute Gasteiger partial charge is 0.239 e. The average Bonchev–Trinajstić information content (AvgIpc) is 2.91. The van der Waals surface area contributed by atoms with Crippen molar-refractivity contribution in [3.05, 3.63) is 59.1 Å². The van der Waals surface area contributed by atoms with Gasteiger partial charge in [-0.2, -0.15) is 0 Å². The minimum Gasteiger partial charge on any atom is -0.494 e. The van der Waals surface area contributed by atoms with Gasteiger partial charge in [0.1, 0.15) is 5.75 Å². The van der Waals surface area contributed by atoms with Gasteiger partial charge in [-0.15, -0.1) is 0 Å². The zero-order valence-corrected chi connectivity index (χ0v) is 14.7. The Morgan fingerprint density at radius 1 is 1.17 bits per heavy atom. The highest BCUT2D eigenvalue weighted by molar-refractivity contribution is 8.15. The van der Waals surface area contributed by atoms with Crippen molar-refractivity contribution >= 4 is 40.1 Å². The van der Waals surface area contributed by atoms with Gasteiger partial charge in [0.15, 0.2) is 5.17 Å². The second-order valence-electron chi connectivity index (χ2n) is 5.27. The van der Waals surface area contributed by atoms with Crippen LogP contribution in [0.25, 0.3) is 0 Å². The second-order valence-corrected chi connectivity index (χ2v) is 6.90. The number of nitrogens with one attached hydrogen (secondary N) is 1. The van der Waals surface area contributed by atoms with Crippen LogP contribution in [-0.2, 0) is 11.2 Å². The Balaban J connectivity index is 1.65. The molecule has 3 rings (SSSR count). The summed E-state index contributed by atoms with van der Waals surface area (Å²) in [4.78, 5) is 16.6. The first-order chi connectivity index (χ1) is 11.6. The molecule has 6 heteroatoms. The first-order valence-electron chi connectivity index (χ1n) is 7.67. The number of amides is 1. The summed E-state index contributed by atoms with van der Waals surface area (Å²) >= 11 is 7.32. The van der Waals surface area contributed by atoms with E-state index in [4.69, 9.17) is 16.3 Å². The number of thioether (sulfide) groups is 1. The van der Waals surface area contributed by atoms with Gasteiger partial charge in [0.2, 0.25) is 5.91 Å². The molecule has 24 heavy (non-hydrogen) atoms. The normalized spacial score (nSPS) is 18.7. The maximum Gasteiger partial charge on any atom is 0.239 e. The highest BCUT2D eigenvalue weighted by atomic mass is 35.5. The lowest BCUT2D eigenvalue weighted by Crippen LogP contribution is -2.25. The quantitative estimate of drug-likeness (QED) is 0.869. The molecule has 4 nitrogen and oxygen atoms in total. The summed E-state index contributed by atoms with van der Waals surface area (Å²) in [6.07, 6.45) is 0.655. The number of carbonyl (C=O) groups is 1. The lowest BCUT2D eigenvalue weighted by molar-refractivity contribution is -0.118. The molecule has 1 atom stereocenters. The third kappa shape index (κ3) is 4.30. The van der Waals surface area contributed by atoms with Gasteiger partial charge >= 0.3 is 0 Å². The van der Waals surface area contributed by atoms with Gasteiger partial charge < -0.3 is 10.1 Å². The predicted molar refractivity (Wildman–Crippen MR) is 99.4 cm³/mol. The molecule has 0 spiro atoms. The van der Waals surface area contributed by atoms with Gasteiger partial charge in [0, 0.05) is 5.02 Å². The number of hydrogen-bond donors (Lipinski definition) is 1. The highest BCUT2D eigenvalue weighted by Crippen LogP contribution is 2.26. The fourth-order valence-electron chi connectivity index (χ4n) is 2.33. The van der Waals surface area contributed by atoms with Crippen molar-refractivity contribution in [1.82, 2.24) is 5.32 Å². The number of amidine groups is 1. The molecule has 1 amide bonds. The van der Waals surface area contributed by atoms with Crippen molar-refractivity contribution in [3.63, 3.8) is 0 Å². The number of carbonyl (C=O) groups excluding carboxylic acids is 1. The zero-order valence-electron chi connectivity index (χ0n) is 13.2. The number of aliphatic imine (C=N–C) groups is 1. The molecule has 124 valence electrons. The molecule has 0 aromatic heterocycles. The molecule has 1 N–H and O–H groups in total. The van der Waals surface area contributed by atoms with Crippen molar-refractivity contribution in [2.75, 3.05) is 6.61 Å². The van der Waals surface area contributed by atoms with Gasteiger partial charge in [-0.3, -0.25) is 4.79 Å². The van der Waals surface area contributed by atoms with E-state index in [9.17, 15) is 4.79 Å². The number of nitrogens with zero attached hydrogens (tertiary/aromatic N) is 1. The summed E-state index contributed by atoms with van der Waals surface area (Å²) in [7, 11) is 0. The number of benzene rings is 2. The lowest BCUT2D eigenvalue weighted by atomic mass is 10.1. The minimum atomic E-state index is -0.172. The molecule has 0 unspecified atom stereocenters. The van der Waals surface area contributed by atoms with Crippen LogP contribution in [0.4, 0.5) is 5.69 Å². The highest BCUT2D eigenvalue weighted by Gasteiger charge is 2.30. The molecule has 0 aliphatic carbocycles. The van der Waals surface area contributed by atoms with E-state index < -0.39 is 0 Å². The molecule has 1 heterocycles. The molecule has 1 aliphatic rings. The summed E-state index contributed by atoms with van der Waals surface area (Å²) in [5, 5.41) is 3.95. The summed E-state index contributed by atoms with van der Waals surface area (Å²) in [6, 6.07) is 15.0. The third-order valence-corrected chi connectivity index (χ3v) is 4.82. The first kappa shape index (κ1) is 16.9. The SMILES string of the molecule is CCOc1ccc(C[C@@H]2SC(=Nc3ccc(Cl)cc3)NC2=O)cc1. The van der Waals surface area contributed by atoms with Gasteiger partial charge in [-0.1, -0.05) is 35.5 Å². The zero-order chi connectivity index (χ0) is 16.9. The van der Waals surface area contributed by atoms with E-state index in [2.05, 4.69) is 10.3 Å². The first-order valence-corrected chi connectivity index (χ1v) is 8.93. The molecular weight excluding hydrogens is 344 g/mol. The largest absolute Gasteiger partial charge is 0.494 e. The number of rotatable bonds is 5. The van der Waals surface area contributed by atoms with Crippen LogP contribution in [0.1, 0.15) is 12.5 Å². The molecule has 2 aromatic rings. The van der Waals surface area contributed by atoms with Crippen LogP contribution in [0.5, 0.6) is 5.75 Å². The topological polar surface area (TPSA) is 50.7 Å². The van der Waals surface area contributed by atoms with Crippen molar-refractivity contribution in [2.45, 2.75) is 18.6 Å². The second kappa shape index (κ2) is 7.73. The molecule has 2 aromatic carbocycles. The number of hydrogen-bond acceptors (Lipinski definition) is 4. The lowest BCUT2D eigenvalue weighted by Gasteiger charge is -2.07. The predicted octanol–water partition coefficient (Wildman–Crippen LogP) is 4.20. The van der Waals surface area contributed by atoms with Crippen LogP contribution in [0, 0.1) is 0 Å². The Morgan fingerprint density at radius 3 is 2.54 bits per heavy atom. The average molecular weight is 361 g/mol. The fourth-order valence-corrected chi connectivity index (χ4v) is 3.48. The Kier molecular flexibility index (Phi) is 5.43. The van der Waals surface area contributed by atoms with Gasteiger partial charge in [0.05, 0.1) is 17.5 Å². The van der Waals surface area contributed by atoms with E-state index in [1.165, 1.54) is 11.8 Å². The summed E-state index contributed by atoms with van der Waals surface area (Å²) < 4.78 is 5.43. The van der Waals surface area contributed by atoms with E-state index in [0.29, 0.717) is 23.2 Å². The van der Waals surface area contributed by atoms with Crippen LogP contribution in [0.2, 0.25) is 5.02 Å². The Morgan fingerprint density at radius 2 is 1.88 bits per heavy atom. The Bertz CT molecular complexity index is 745. The number of halogens is 1. The molecule has 0 radical (unpaired) electrons. The third-order valence-electron chi connectivity index (χ3n) is 3.49. The van der Waals surface area contributed by atoms with Gasteiger partial charge in [-0.25, -0.2) is 4.99 Å². The van der Waals surface area contributed by atoms with Crippen molar-refractivity contribution in [2.24, 2.45) is 4.99 Å². The Hall–Kier alpha value is -1.98. The molecule has 0 bridgehead atoms. The summed E-state index contributed by atoms with van der Waals surface area (Å²) in [5.74, 6) is 0.830. The van der Waals surface area contributed by atoms with E-state index in [1.54, 1.807) is 12.1 Å². The van der Waals surface area contributed by atoms with E-state index in [0.717, 1.165) is 17.0 Å². The Labute approximate surface area is 150 Å². The van der Waals surface area contributed by atoms with Gasteiger partial charge in [0.25, 0.3) is 0 Å². The summed E-state index contributed by atoms with van der Waals surface area (Å²) in [5.41, 5.74) is 1.86. The maximum atomic E-state index is 12.1. The van der Waals surface area contributed by atoms with Crippen LogP contribution in [-0.4, -0.2) is 22.9 Å². The van der Waals surface area contributed by atoms with E-state index >= 15 is 0 Å². The van der Waals surface area contributed by atoms with E-state index in [1.807, 2.05) is 43.3 Å². The van der Waals surface area contributed by atoms with Crippen LogP contribution in [0.15, 0.2) is 53.5 Å². The van der Waals surface area contributed by atoms with Crippen LogP contribution < -0.4 is 10.1 Å². The monoisotopic (exact) mass is 360 g/mol. The standard InChI is InChI=1S/C18H17ClN2O2S/c1-2-23-15-9-3-12(4-10-15)11-16-17(22)21-18(24-16)20-14-7-5-13(19)6-8-14/h3-10,16H,2,11H2,1H3,(H,20,21,22)/t16-/m0/s1. The fraction of sp³-hybridized carbons (Fsp3) is 0.222. The van der Waals surface area contributed by atoms with Crippen molar-refractivity contribution in [1.29, 1.82) is 0 Å². The van der Waals surface area contributed by atoms with Crippen LogP contribution in [0.3, 0.4) is 0 Å². The summed E-state index contributed by atoms with van der Waals surface area (Å²) in [6.45, 7) is 2.60. The molecule has 1 aliphatic heterocycles. The molecule has 0 saturated carbocycles. The van der Waals surface area contributed by atoms with Crippen molar-refractivity contribution < 1.29 is 9.53 Å². The molecule has 1 fully saturated rings. The number of ether oxygens (including phenoxy) is 1. The van der Waals surface area contributed by atoms with Crippen LogP contribution >= 0.6 is 23.4 Å². The van der Waals surface area contributed by atoms with Crippen molar-refractivity contribution in [3.8, 4) is 5.75 Å². The maximum absolute atomic E-state index is 12.1. The van der Waals surface area contributed by atoms with Gasteiger partial charge in [-0.05, 0) is 55.3 Å². The molecular formula is C18H17ClN2O2S. The van der Waals surface area contributed by atoms with E-state index in [-0.39, 0.29) is 11.2 Å².